The van der Waals surface area contributed by atoms with Gasteiger partial charge in [-0.05, 0) is 38.4 Å². The molecule has 0 amide bonds. The van der Waals surface area contributed by atoms with Gasteiger partial charge in [0.1, 0.15) is 0 Å². The van der Waals surface area contributed by atoms with Crippen LogP contribution in [0.2, 0.25) is 0 Å². The van der Waals surface area contributed by atoms with Crippen molar-refractivity contribution in [3.05, 3.63) is 17.5 Å². The molecule has 2 rings (SSSR count). The Morgan fingerprint density at radius 2 is 2.00 bits per heavy atom. The zero-order chi connectivity index (χ0) is 13.5. The van der Waals surface area contributed by atoms with Crippen molar-refractivity contribution in [1.29, 1.82) is 0 Å². The number of nitrogens with zero attached hydrogens (tertiary/aromatic N) is 2. The fourth-order valence-electron chi connectivity index (χ4n) is 2.52. The van der Waals surface area contributed by atoms with Gasteiger partial charge in [0.15, 0.2) is 5.76 Å². The Hall–Kier alpha value is -0.870. The van der Waals surface area contributed by atoms with Gasteiger partial charge >= 0.3 is 0 Å². The molecule has 0 atom stereocenters. The first-order valence-electron chi connectivity index (χ1n) is 7.61. The maximum atomic E-state index is 5.43. The average Bonchev–Trinajstić information content (AvgIpc) is 2.65. The molecule has 4 heteroatoms. The van der Waals surface area contributed by atoms with Crippen LogP contribution < -0.4 is 5.32 Å². The van der Waals surface area contributed by atoms with Crippen LogP contribution in [0.1, 0.15) is 51.0 Å². The minimum absolute atomic E-state index is 0.670. The second-order valence-corrected chi connectivity index (χ2v) is 6.00. The van der Waals surface area contributed by atoms with E-state index < -0.39 is 0 Å². The first-order chi connectivity index (χ1) is 9.24. The van der Waals surface area contributed by atoms with Crippen LogP contribution in [-0.2, 0) is 13.1 Å². The maximum absolute atomic E-state index is 5.43. The van der Waals surface area contributed by atoms with Crippen LogP contribution in [0.5, 0.6) is 0 Å². The quantitative estimate of drug-likeness (QED) is 0.858. The van der Waals surface area contributed by atoms with E-state index in [2.05, 4.69) is 35.3 Å². The van der Waals surface area contributed by atoms with E-state index in [-0.39, 0.29) is 0 Å². The van der Waals surface area contributed by atoms with Crippen molar-refractivity contribution in [2.24, 2.45) is 5.92 Å². The number of rotatable bonds is 6. The first kappa shape index (κ1) is 14.5. The summed E-state index contributed by atoms with van der Waals surface area (Å²) in [6.07, 6.45) is 5.38. The largest absolute Gasteiger partial charge is 0.360 e. The van der Waals surface area contributed by atoms with E-state index in [0.29, 0.717) is 5.92 Å². The van der Waals surface area contributed by atoms with Crippen LogP contribution in [-0.4, -0.2) is 29.7 Å². The number of nitrogens with one attached hydrogen (secondary N) is 1. The summed E-state index contributed by atoms with van der Waals surface area (Å²) in [6.45, 7) is 9.55. The molecule has 1 aromatic heterocycles. The van der Waals surface area contributed by atoms with E-state index in [9.17, 15) is 0 Å². The normalized spacial score (nSPS) is 17.8. The second-order valence-electron chi connectivity index (χ2n) is 6.00. The molecule has 0 aliphatic carbocycles. The number of likely N-dealkylation sites (tertiary alicyclic amines) is 1. The van der Waals surface area contributed by atoms with Gasteiger partial charge in [-0.3, -0.25) is 4.90 Å². The molecule has 0 aromatic carbocycles. The van der Waals surface area contributed by atoms with E-state index in [1.165, 1.54) is 38.8 Å². The maximum Gasteiger partial charge on any atom is 0.151 e. The molecule has 0 spiro atoms. The van der Waals surface area contributed by atoms with Crippen LogP contribution in [0.3, 0.4) is 0 Å². The van der Waals surface area contributed by atoms with Crippen molar-refractivity contribution in [2.75, 3.05) is 19.6 Å². The molecule has 1 saturated heterocycles. The van der Waals surface area contributed by atoms with E-state index in [0.717, 1.165) is 31.1 Å². The molecule has 0 unspecified atom stereocenters. The number of hydrogen-bond acceptors (Lipinski definition) is 4. The molecular formula is C15H27N3O. The standard InChI is InChI=1S/C15H27N3O/c1-13(2)10-16-11-14-9-15(19-17-14)12-18-7-5-3-4-6-8-18/h9,13,16H,3-8,10-12H2,1-2H3. The minimum Gasteiger partial charge on any atom is -0.360 e. The van der Waals surface area contributed by atoms with Gasteiger partial charge in [0.05, 0.1) is 12.2 Å². The highest BCUT2D eigenvalue weighted by Crippen LogP contribution is 2.13. The predicted molar refractivity (Wildman–Crippen MR) is 76.8 cm³/mol. The van der Waals surface area contributed by atoms with Gasteiger partial charge in [0.25, 0.3) is 0 Å². The molecule has 1 aliphatic heterocycles. The Bertz CT molecular complexity index is 354. The number of hydrogen-bond donors (Lipinski definition) is 1. The third-order valence-corrected chi connectivity index (χ3v) is 3.54. The molecule has 108 valence electrons. The zero-order valence-electron chi connectivity index (χ0n) is 12.3. The van der Waals surface area contributed by atoms with Gasteiger partial charge in [-0.15, -0.1) is 0 Å². The Morgan fingerprint density at radius 3 is 2.68 bits per heavy atom. The topological polar surface area (TPSA) is 41.3 Å². The summed E-state index contributed by atoms with van der Waals surface area (Å²) in [4.78, 5) is 2.48. The second kappa shape index (κ2) is 7.65. The molecular weight excluding hydrogens is 238 g/mol. The zero-order valence-corrected chi connectivity index (χ0v) is 12.3. The molecule has 19 heavy (non-hydrogen) atoms. The summed E-state index contributed by atoms with van der Waals surface area (Å²) in [5.41, 5.74) is 1.02. The van der Waals surface area contributed by atoms with Crippen LogP contribution in [0, 0.1) is 5.92 Å². The van der Waals surface area contributed by atoms with Gasteiger partial charge < -0.3 is 9.84 Å². The summed E-state index contributed by atoms with van der Waals surface area (Å²) in [5, 5.41) is 7.53. The van der Waals surface area contributed by atoms with Crippen LogP contribution in [0.4, 0.5) is 0 Å². The van der Waals surface area contributed by atoms with Crippen molar-refractivity contribution < 1.29 is 4.52 Å². The average molecular weight is 265 g/mol. The first-order valence-corrected chi connectivity index (χ1v) is 7.61. The van der Waals surface area contributed by atoms with Crippen molar-refractivity contribution in [3.8, 4) is 0 Å². The Morgan fingerprint density at radius 1 is 1.26 bits per heavy atom. The summed E-state index contributed by atoms with van der Waals surface area (Å²) in [5.74, 6) is 1.67. The van der Waals surface area contributed by atoms with Crippen LogP contribution in [0.25, 0.3) is 0 Å². The van der Waals surface area contributed by atoms with E-state index in [1.807, 2.05) is 0 Å². The highest BCUT2D eigenvalue weighted by atomic mass is 16.5. The molecule has 0 bridgehead atoms. The van der Waals surface area contributed by atoms with Gasteiger partial charge in [-0.2, -0.15) is 0 Å². The van der Waals surface area contributed by atoms with Gasteiger partial charge in [-0.1, -0.05) is 31.8 Å². The molecule has 1 aliphatic rings. The van der Waals surface area contributed by atoms with E-state index >= 15 is 0 Å². The highest BCUT2D eigenvalue weighted by molar-refractivity contribution is 5.05. The molecule has 1 N–H and O–H groups in total. The fraction of sp³-hybridized carbons (Fsp3) is 0.800. The highest BCUT2D eigenvalue weighted by Gasteiger charge is 2.12. The molecule has 1 fully saturated rings. The Kier molecular flexibility index (Phi) is 5.86. The Balaban J connectivity index is 1.76. The van der Waals surface area contributed by atoms with E-state index in [1.54, 1.807) is 0 Å². The Labute approximate surface area is 116 Å². The number of aromatic nitrogens is 1. The van der Waals surface area contributed by atoms with Crippen molar-refractivity contribution in [1.82, 2.24) is 15.4 Å². The van der Waals surface area contributed by atoms with Gasteiger partial charge in [0.2, 0.25) is 0 Å². The molecule has 4 nitrogen and oxygen atoms in total. The van der Waals surface area contributed by atoms with E-state index in [4.69, 9.17) is 4.52 Å². The lowest BCUT2D eigenvalue weighted by atomic mass is 10.2. The third-order valence-electron chi connectivity index (χ3n) is 3.54. The van der Waals surface area contributed by atoms with Crippen molar-refractivity contribution >= 4 is 0 Å². The molecule has 1 aromatic rings. The molecule has 0 saturated carbocycles. The summed E-state index contributed by atoms with van der Waals surface area (Å²) < 4.78 is 5.43. The van der Waals surface area contributed by atoms with Crippen molar-refractivity contribution in [3.63, 3.8) is 0 Å². The summed E-state index contributed by atoms with van der Waals surface area (Å²) in [7, 11) is 0. The molecule has 0 radical (unpaired) electrons. The van der Waals surface area contributed by atoms with Gasteiger partial charge in [0, 0.05) is 12.6 Å². The molecule has 2 heterocycles. The third kappa shape index (κ3) is 5.33. The lowest BCUT2D eigenvalue weighted by molar-refractivity contribution is 0.238. The van der Waals surface area contributed by atoms with Crippen LogP contribution in [0.15, 0.2) is 10.6 Å². The van der Waals surface area contributed by atoms with Gasteiger partial charge in [-0.25, -0.2) is 0 Å². The smallest absolute Gasteiger partial charge is 0.151 e. The monoisotopic (exact) mass is 265 g/mol. The lowest BCUT2D eigenvalue weighted by Crippen LogP contribution is -2.23. The van der Waals surface area contributed by atoms with Crippen LogP contribution >= 0.6 is 0 Å². The summed E-state index contributed by atoms with van der Waals surface area (Å²) >= 11 is 0. The predicted octanol–water partition coefficient (Wildman–Crippen LogP) is 2.80. The van der Waals surface area contributed by atoms with Crippen molar-refractivity contribution in [2.45, 2.75) is 52.6 Å². The SMILES string of the molecule is CC(C)CNCc1cc(CN2CCCCCC2)on1. The fourth-order valence-corrected chi connectivity index (χ4v) is 2.52. The minimum atomic E-state index is 0.670. The lowest BCUT2D eigenvalue weighted by Gasteiger charge is -2.17. The summed E-state index contributed by atoms with van der Waals surface area (Å²) in [6, 6.07) is 2.10.